The monoisotopic (exact) mass is 258 g/mol. The van der Waals surface area contributed by atoms with Crippen LogP contribution in [0.25, 0.3) is 0 Å². The Bertz CT molecular complexity index is 348. The second kappa shape index (κ2) is 6.80. The third-order valence-corrected chi connectivity index (χ3v) is 3.27. The lowest BCUT2D eigenvalue weighted by Crippen LogP contribution is -2.25. The number of hydrogen-bond acceptors (Lipinski definition) is 3. The first-order valence-electron chi connectivity index (χ1n) is 6.50. The lowest BCUT2D eigenvalue weighted by atomic mass is 10.4. The van der Waals surface area contributed by atoms with E-state index in [1.807, 2.05) is 0 Å². The van der Waals surface area contributed by atoms with Gasteiger partial charge in [-0.05, 0) is 45.4 Å². The van der Waals surface area contributed by atoms with Crippen LogP contribution in [0.2, 0.25) is 0 Å². The molecule has 1 N–H and O–H groups in total. The molecule has 0 spiro atoms. The first kappa shape index (κ1) is 13.4. The highest BCUT2D eigenvalue weighted by atomic mass is 19.3. The van der Waals surface area contributed by atoms with Gasteiger partial charge in [-0.25, -0.2) is 4.98 Å². The number of hydrogen-bond donors (Lipinski definition) is 1. The molecule has 1 saturated heterocycles. The van der Waals surface area contributed by atoms with Crippen molar-refractivity contribution in [3.8, 4) is 0 Å². The maximum Gasteiger partial charge on any atom is 0.319 e. The van der Waals surface area contributed by atoms with E-state index in [4.69, 9.17) is 0 Å². The molecule has 1 aromatic rings. The first-order valence-corrected chi connectivity index (χ1v) is 6.50. The van der Waals surface area contributed by atoms with Gasteiger partial charge in [0.05, 0.1) is 6.54 Å². The lowest BCUT2D eigenvalue weighted by Gasteiger charge is -2.14. The minimum absolute atomic E-state index is 0.395. The van der Waals surface area contributed by atoms with Gasteiger partial charge in [0.25, 0.3) is 0 Å². The average molecular weight is 258 g/mol. The predicted molar refractivity (Wildman–Crippen MR) is 65.5 cm³/mol. The molecule has 0 unspecified atom stereocenters. The second-order valence-electron chi connectivity index (χ2n) is 4.61. The molecule has 0 atom stereocenters. The molecular formula is C12H20F2N4. The molecule has 4 nitrogen and oxygen atoms in total. The van der Waals surface area contributed by atoms with Crippen molar-refractivity contribution < 1.29 is 8.78 Å². The van der Waals surface area contributed by atoms with Crippen LogP contribution in [0.4, 0.5) is 8.78 Å². The number of likely N-dealkylation sites (tertiary alicyclic amines) is 1. The summed E-state index contributed by atoms with van der Waals surface area (Å²) in [7, 11) is 0. The second-order valence-corrected chi connectivity index (χ2v) is 4.61. The minimum atomic E-state index is -2.51. The van der Waals surface area contributed by atoms with Gasteiger partial charge < -0.3 is 10.2 Å². The molecule has 102 valence electrons. The van der Waals surface area contributed by atoms with Crippen molar-refractivity contribution in [3.05, 3.63) is 18.2 Å². The van der Waals surface area contributed by atoms with Crippen LogP contribution in [0.1, 0.15) is 31.6 Å². The summed E-state index contributed by atoms with van der Waals surface area (Å²) in [5.74, 6) is 0.395. The van der Waals surface area contributed by atoms with Crippen LogP contribution in [0.3, 0.4) is 0 Å². The van der Waals surface area contributed by atoms with Crippen molar-refractivity contribution in [1.29, 1.82) is 0 Å². The van der Waals surface area contributed by atoms with Crippen LogP contribution in [-0.2, 0) is 6.54 Å². The smallest absolute Gasteiger partial charge is 0.310 e. The van der Waals surface area contributed by atoms with Crippen LogP contribution in [0, 0.1) is 0 Å². The highest BCUT2D eigenvalue weighted by Crippen LogP contribution is 2.12. The van der Waals surface area contributed by atoms with E-state index in [0.717, 1.165) is 24.1 Å². The zero-order chi connectivity index (χ0) is 12.8. The van der Waals surface area contributed by atoms with Crippen molar-refractivity contribution in [1.82, 2.24) is 19.8 Å². The fourth-order valence-electron chi connectivity index (χ4n) is 2.29. The number of nitrogens with zero attached hydrogens (tertiary/aromatic N) is 3. The van der Waals surface area contributed by atoms with Gasteiger partial charge in [0, 0.05) is 12.4 Å². The van der Waals surface area contributed by atoms with E-state index in [1.54, 1.807) is 0 Å². The van der Waals surface area contributed by atoms with Crippen molar-refractivity contribution in [2.45, 2.75) is 32.4 Å². The molecule has 1 aliphatic rings. The number of alkyl halides is 2. The van der Waals surface area contributed by atoms with E-state index in [1.165, 1.54) is 38.3 Å². The highest BCUT2D eigenvalue weighted by molar-refractivity contribution is 4.92. The Labute approximate surface area is 106 Å². The predicted octanol–water partition coefficient (Wildman–Crippen LogP) is 1.85. The number of imidazole rings is 1. The Morgan fingerprint density at radius 2 is 2.11 bits per heavy atom. The molecule has 0 amide bonds. The molecule has 1 aliphatic heterocycles. The van der Waals surface area contributed by atoms with Gasteiger partial charge >= 0.3 is 6.55 Å². The summed E-state index contributed by atoms with van der Waals surface area (Å²) >= 11 is 0. The number of nitrogens with one attached hydrogen (secondary N) is 1. The van der Waals surface area contributed by atoms with Gasteiger partial charge in [-0.1, -0.05) is 0 Å². The van der Waals surface area contributed by atoms with Gasteiger partial charge in [0.15, 0.2) is 0 Å². The van der Waals surface area contributed by atoms with Crippen molar-refractivity contribution in [2.24, 2.45) is 0 Å². The maximum absolute atomic E-state index is 12.5. The van der Waals surface area contributed by atoms with E-state index < -0.39 is 6.55 Å². The van der Waals surface area contributed by atoms with Crippen LogP contribution in [-0.4, -0.2) is 40.6 Å². The molecule has 2 rings (SSSR count). The van der Waals surface area contributed by atoms with E-state index >= 15 is 0 Å². The van der Waals surface area contributed by atoms with Gasteiger partial charge in [0.2, 0.25) is 0 Å². The Kier molecular flexibility index (Phi) is 5.07. The molecule has 0 bridgehead atoms. The summed E-state index contributed by atoms with van der Waals surface area (Å²) in [5.41, 5.74) is 0. The Morgan fingerprint density at radius 3 is 2.83 bits per heavy atom. The summed E-state index contributed by atoms with van der Waals surface area (Å²) in [6.45, 7) is 2.24. The average Bonchev–Trinajstić information content (AvgIpc) is 2.98. The molecule has 0 saturated carbocycles. The van der Waals surface area contributed by atoms with Gasteiger partial charge in [-0.2, -0.15) is 8.78 Å². The van der Waals surface area contributed by atoms with Crippen molar-refractivity contribution >= 4 is 0 Å². The number of rotatable bonds is 7. The Balaban J connectivity index is 1.61. The fourth-order valence-corrected chi connectivity index (χ4v) is 2.29. The third kappa shape index (κ3) is 3.74. The summed E-state index contributed by atoms with van der Waals surface area (Å²) in [6, 6.07) is 0. The number of aromatic nitrogens is 2. The Hall–Kier alpha value is -1.01. The molecule has 1 fully saturated rings. The maximum atomic E-state index is 12.5. The molecule has 0 radical (unpaired) electrons. The van der Waals surface area contributed by atoms with E-state index in [-0.39, 0.29) is 0 Å². The van der Waals surface area contributed by atoms with E-state index in [9.17, 15) is 8.78 Å². The minimum Gasteiger partial charge on any atom is -0.310 e. The van der Waals surface area contributed by atoms with Crippen molar-refractivity contribution in [3.63, 3.8) is 0 Å². The first-order chi connectivity index (χ1) is 8.77. The SMILES string of the molecule is FC(F)n1ccnc1CNCCCN1CCCC1. The third-order valence-electron chi connectivity index (χ3n) is 3.27. The molecule has 1 aromatic heterocycles. The standard InChI is InChI=1S/C12H20F2N4/c13-12(14)18-9-5-16-11(18)10-15-4-3-8-17-6-1-2-7-17/h5,9,12,15H,1-4,6-8,10H2. The number of halogens is 2. The van der Waals surface area contributed by atoms with Gasteiger partial charge in [-0.15, -0.1) is 0 Å². The summed E-state index contributed by atoms with van der Waals surface area (Å²) in [5, 5.41) is 3.16. The largest absolute Gasteiger partial charge is 0.319 e. The topological polar surface area (TPSA) is 33.1 Å². The molecule has 0 aromatic carbocycles. The van der Waals surface area contributed by atoms with E-state index in [0.29, 0.717) is 12.4 Å². The molecule has 18 heavy (non-hydrogen) atoms. The summed E-state index contributed by atoms with van der Waals surface area (Å²) in [4.78, 5) is 6.37. The fraction of sp³-hybridized carbons (Fsp3) is 0.750. The van der Waals surface area contributed by atoms with Crippen LogP contribution in [0.5, 0.6) is 0 Å². The Morgan fingerprint density at radius 1 is 1.33 bits per heavy atom. The summed E-state index contributed by atoms with van der Waals surface area (Å²) in [6.07, 6.45) is 6.38. The van der Waals surface area contributed by atoms with Gasteiger partial charge in [0.1, 0.15) is 5.82 Å². The molecule has 0 aliphatic carbocycles. The van der Waals surface area contributed by atoms with Crippen LogP contribution >= 0.6 is 0 Å². The van der Waals surface area contributed by atoms with Gasteiger partial charge in [-0.3, -0.25) is 4.57 Å². The summed E-state index contributed by atoms with van der Waals surface area (Å²) < 4.78 is 26.0. The molecule has 2 heterocycles. The highest BCUT2D eigenvalue weighted by Gasteiger charge is 2.11. The normalized spacial score (nSPS) is 16.8. The van der Waals surface area contributed by atoms with Crippen molar-refractivity contribution in [2.75, 3.05) is 26.2 Å². The van der Waals surface area contributed by atoms with E-state index in [2.05, 4.69) is 15.2 Å². The zero-order valence-corrected chi connectivity index (χ0v) is 10.5. The molecular weight excluding hydrogens is 238 g/mol. The van der Waals surface area contributed by atoms with Crippen LogP contribution in [0.15, 0.2) is 12.4 Å². The lowest BCUT2D eigenvalue weighted by molar-refractivity contribution is 0.0666. The quantitative estimate of drug-likeness (QED) is 0.758. The molecule has 6 heteroatoms. The zero-order valence-electron chi connectivity index (χ0n) is 10.5. The van der Waals surface area contributed by atoms with Crippen LogP contribution < -0.4 is 5.32 Å².